The van der Waals surface area contributed by atoms with Crippen LogP contribution in [0.4, 0.5) is 0 Å². The van der Waals surface area contributed by atoms with Gasteiger partial charge in [0, 0.05) is 0 Å². The lowest BCUT2D eigenvalue weighted by Crippen LogP contribution is -2.47. The first-order chi connectivity index (χ1) is 8.45. The van der Waals surface area contributed by atoms with E-state index in [1.54, 1.807) is 7.11 Å². The third kappa shape index (κ3) is 3.72. The average Bonchev–Trinajstić information content (AvgIpc) is 2.37. The van der Waals surface area contributed by atoms with Crippen LogP contribution in [0.1, 0.15) is 25.5 Å². The fourth-order valence-corrected chi connectivity index (χ4v) is 1.52. The molecular formula is C13H20N2O3. The van der Waals surface area contributed by atoms with Gasteiger partial charge in [-0.3, -0.25) is 4.79 Å². The molecule has 0 aliphatic heterocycles. The number of nitrogens with one attached hydrogen (secondary N) is 1. The number of hydrogen-bond donors (Lipinski definition) is 3. The van der Waals surface area contributed by atoms with E-state index in [1.165, 1.54) is 6.92 Å². The van der Waals surface area contributed by atoms with Crippen molar-refractivity contribution in [2.24, 2.45) is 5.73 Å². The number of carbonyl (C=O) groups is 1. The van der Waals surface area contributed by atoms with E-state index in [2.05, 4.69) is 5.32 Å². The molecule has 0 bridgehead atoms. The van der Waals surface area contributed by atoms with E-state index < -0.39 is 12.1 Å². The van der Waals surface area contributed by atoms with Gasteiger partial charge in [0.1, 0.15) is 11.8 Å². The molecule has 0 radical (unpaired) electrons. The Morgan fingerprint density at radius 3 is 2.67 bits per heavy atom. The SMILES string of the molecule is COc1cccc([C@@H](C)NC(=O)[C@H](N)[C@H](C)O)c1. The van der Waals surface area contributed by atoms with E-state index in [9.17, 15) is 9.90 Å². The molecule has 0 fully saturated rings. The van der Waals surface area contributed by atoms with Gasteiger partial charge in [-0.2, -0.15) is 0 Å². The van der Waals surface area contributed by atoms with E-state index in [4.69, 9.17) is 10.5 Å². The van der Waals surface area contributed by atoms with E-state index in [0.717, 1.165) is 11.3 Å². The molecule has 3 atom stereocenters. The number of ether oxygens (including phenoxy) is 1. The van der Waals surface area contributed by atoms with Crippen molar-refractivity contribution >= 4 is 5.91 Å². The normalized spacial score (nSPS) is 15.6. The number of carbonyl (C=O) groups excluding carboxylic acids is 1. The van der Waals surface area contributed by atoms with Crippen LogP contribution < -0.4 is 15.8 Å². The number of hydrogen-bond acceptors (Lipinski definition) is 4. The molecule has 5 nitrogen and oxygen atoms in total. The second-order valence-electron chi connectivity index (χ2n) is 4.27. The summed E-state index contributed by atoms with van der Waals surface area (Å²) >= 11 is 0. The molecule has 0 aliphatic rings. The van der Waals surface area contributed by atoms with Gasteiger partial charge in [0.15, 0.2) is 0 Å². The highest BCUT2D eigenvalue weighted by atomic mass is 16.5. The Labute approximate surface area is 107 Å². The zero-order chi connectivity index (χ0) is 13.7. The molecule has 0 aliphatic carbocycles. The van der Waals surface area contributed by atoms with Gasteiger partial charge in [-0.1, -0.05) is 12.1 Å². The van der Waals surface area contributed by atoms with Gasteiger partial charge >= 0.3 is 0 Å². The van der Waals surface area contributed by atoms with Crippen LogP contribution in [0.2, 0.25) is 0 Å². The fraction of sp³-hybridized carbons (Fsp3) is 0.462. The van der Waals surface area contributed by atoms with Gasteiger partial charge in [-0.05, 0) is 31.5 Å². The van der Waals surface area contributed by atoms with Crippen molar-refractivity contribution < 1.29 is 14.6 Å². The minimum atomic E-state index is -0.918. The molecule has 0 saturated carbocycles. The third-order valence-electron chi connectivity index (χ3n) is 2.78. The smallest absolute Gasteiger partial charge is 0.240 e. The predicted octanol–water partition coefficient (Wildman–Crippen LogP) is 0.580. The maximum Gasteiger partial charge on any atom is 0.240 e. The molecule has 0 heterocycles. The van der Waals surface area contributed by atoms with Crippen LogP contribution in [0.25, 0.3) is 0 Å². The highest BCUT2D eigenvalue weighted by Crippen LogP contribution is 2.18. The minimum Gasteiger partial charge on any atom is -0.497 e. The number of nitrogens with two attached hydrogens (primary N) is 1. The monoisotopic (exact) mass is 252 g/mol. The van der Waals surface area contributed by atoms with Gasteiger partial charge < -0.3 is 20.9 Å². The molecule has 1 amide bonds. The van der Waals surface area contributed by atoms with E-state index in [-0.39, 0.29) is 11.9 Å². The summed E-state index contributed by atoms with van der Waals surface area (Å²) in [6, 6.07) is 6.31. The Hall–Kier alpha value is -1.59. The zero-order valence-electron chi connectivity index (χ0n) is 10.9. The van der Waals surface area contributed by atoms with Crippen LogP contribution in [-0.2, 0) is 4.79 Å². The highest BCUT2D eigenvalue weighted by molar-refractivity contribution is 5.82. The Balaban J connectivity index is 2.70. The third-order valence-corrected chi connectivity index (χ3v) is 2.78. The number of rotatable bonds is 5. The van der Waals surface area contributed by atoms with Crippen LogP contribution in [0, 0.1) is 0 Å². The van der Waals surface area contributed by atoms with Crippen molar-refractivity contribution in [1.29, 1.82) is 0 Å². The summed E-state index contributed by atoms with van der Waals surface area (Å²) in [4.78, 5) is 11.7. The Kier molecular flexibility index (Phi) is 5.12. The lowest BCUT2D eigenvalue weighted by molar-refractivity contribution is -0.125. The molecule has 0 aromatic heterocycles. The first-order valence-electron chi connectivity index (χ1n) is 5.83. The molecule has 1 aromatic carbocycles. The lowest BCUT2D eigenvalue weighted by atomic mass is 10.1. The van der Waals surface area contributed by atoms with E-state index >= 15 is 0 Å². The average molecular weight is 252 g/mol. The molecule has 4 N–H and O–H groups in total. The maximum atomic E-state index is 11.7. The summed E-state index contributed by atoms with van der Waals surface area (Å²) < 4.78 is 5.12. The van der Waals surface area contributed by atoms with E-state index in [0.29, 0.717) is 0 Å². The molecule has 1 rings (SSSR count). The first-order valence-corrected chi connectivity index (χ1v) is 5.83. The number of benzene rings is 1. The molecule has 0 unspecified atom stereocenters. The molecule has 100 valence electrons. The molecular weight excluding hydrogens is 232 g/mol. The van der Waals surface area contributed by atoms with Gasteiger partial charge in [-0.25, -0.2) is 0 Å². The van der Waals surface area contributed by atoms with Crippen LogP contribution >= 0.6 is 0 Å². The Bertz CT molecular complexity index is 407. The Morgan fingerprint density at radius 2 is 2.11 bits per heavy atom. The fourth-order valence-electron chi connectivity index (χ4n) is 1.52. The number of aliphatic hydroxyl groups is 1. The van der Waals surface area contributed by atoms with Crippen molar-refractivity contribution in [1.82, 2.24) is 5.32 Å². The van der Waals surface area contributed by atoms with Crippen LogP contribution in [0.5, 0.6) is 5.75 Å². The van der Waals surface area contributed by atoms with Crippen molar-refractivity contribution in [3.63, 3.8) is 0 Å². The molecule has 1 aromatic rings. The van der Waals surface area contributed by atoms with E-state index in [1.807, 2.05) is 31.2 Å². The predicted molar refractivity (Wildman–Crippen MR) is 69.2 cm³/mol. The van der Waals surface area contributed by atoms with Gasteiger partial charge in [0.2, 0.25) is 5.91 Å². The summed E-state index contributed by atoms with van der Waals surface area (Å²) in [7, 11) is 1.59. The van der Waals surface area contributed by atoms with Crippen molar-refractivity contribution in [3.8, 4) is 5.75 Å². The number of aliphatic hydroxyl groups excluding tert-OH is 1. The second kappa shape index (κ2) is 6.37. The lowest BCUT2D eigenvalue weighted by Gasteiger charge is -2.19. The molecule has 0 spiro atoms. The van der Waals surface area contributed by atoms with Gasteiger partial charge in [0.05, 0.1) is 19.3 Å². The summed E-state index contributed by atoms with van der Waals surface area (Å²) in [5.74, 6) is 0.355. The van der Waals surface area contributed by atoms with Gasteiger partial charge in [-0.15, -0.1) is 0 Å². The standard InChI is InChI=1S/C13H20N2O3/c1-8(15-13(17)12(14)9(2)16)10-5-4-6-11(7-10)18-3/h4-9,12,16H,14H2,1-3H3,(H,15,17)/t8-,9+,12-/m1/s1. The number of methoxy groups -OCH3 is 1. The highest BCUT2D eigenvalue weighted by Gasteiger charge is 2.20. The molecule has 5 heteroatoms. The molecule has 0 saturated heterocycles. The van der Waals surface area contributed by atoms with Crippen LogP contribution in [0.3, 0.4) is 0 Å². The maximum absolute atomic E-state index is 11.7. The van der Waals surface area contributed by atoms with Gasteiger partial charge in [0.25, 0.3) is 0 Å². The summed E-state index contributed by atoms with van der Waals surface area (Å²) in [5.41, 5.74) is 6.47. The quantitative estimate of drug-likeness (QED) is 0.715. The summed E-state index contributed by atoms with van der Waals surface area (Å²) in [6.07, 6.45) is -0.873. The zero-order valence-corrected chi connectivity index (χ0v) is 10.9. The number of amides is 1. The van der Waals surface area contributed by atoms with Crippen LogP contribution in [-0.4, -0.2) is 30.3 Å². The van der Waals surface area contributed by atoms with Crippen molar-refractivity contribution in [2.45, 2.75) is 32.0 Å². The largest absolute Gasteiger partial charge is 0.497 e. The van der Waals surface area contributed by atoms with Crippen LogP contribution in [0.15, 0.2) is 24.3 Å². The topological polar surface area (TPSA) is 84.6 Å². The summed E-state index contributed by atoms with van der Waals surface area (Å²) in [6.45, 7) is 3.34. The Morgan fingerprint density at radius 1 is 1.44 bits per heavy atom. The summed E-state index contributed by atoms with van der Waals surface area (Å²) in [5, 5.41) is 12.0. The first kappa shape index (κ1) is 14.5. The van der Waals surface area contributed by atoms with Crippen molar-refractivity contribution in [2.75, 3.05) is 7.11 Å². The minimum absolute atomic E-state index is 0.197. The molecule has 18 heavy (non-hydrogen) atoms. The van der Waals surface area contributed by atoms with Crippen molar-refractivity contribution in [3.05, 3.63) is 29.8 Å². The second-order valence-corrected chi connectivity index (χ2v) is 4.27.